The lowest BCUT2D eigenvalue weighted by molar-refractivity contribution is -0.137. The summed E-state index contributed by atoms with van der Waals surface area (Å²) in [7, 11) is 4.55. The van der Waals surface area contributed by atoms with Crippen LogP contribution in [0.4, 0.5) is 13.2 Å². The van der Waals surface area contributed by atoms with E-state index in [0.29, 0.717) is 41.1 Å². The fraction of sp³-hybridized carbons (Fsp3) is 0.364. The molecule has 5 nitrogen and oxygen atoms in total. The highest BCUT2D eigenvalue weighted by Gasteiger charge is 2.31. The van der Waals surface area contributed by atoms with Crippen molar-refractivity contribution >= 4 is 10.9 Å². The van der Waals surface area contributed by atoms with E-state index in [1.165, 1.54) is 33.5 Å². The molecular formula is C22H25F3N2O3. The molecule has 0 spiro atoms. The molecule has 30 heavy (non-hydrogen) atoms. The molecule has 0 unspecified atom stereocenters. The van der Waals surface area contributed by atoms with E-state index in [1.54, 1.807) is 12.1 Å². The number of rotatable bonds is 8. The SMILES string of the molecule is COc1cc(-c2[nH]c3ccc(C(F)(F)F)cc3c2CCCCN)cc(OC)c1OC. The molecule has 0 aliphatic rings. The van der Waals surface area contributed by atoms with Crippen molar-refractivity contribution in [3.8, 4) is 28.5 Å². The van der Waals surface area contributed by atoms with Crippen LogP contribution in [0.1, 0.15) is 24.0 Å². The van der Waals surface area contributed by atoms with Crippen molar-refractivity contribution < 1.29 is 27.4 Å². The second kappa shape index (κ2) is 8.87. The molecule has 0 amide bonds. The van der Waals surface area contributed by atoms with Crippen LogP contribution >= 0.6 is 0 Å². The summed E-state index contributed by atoms with van der Waals surface area (Å²) in [6, 6.07) is 7.31. The summed E-state index contributed by atoms with van der Waals surface area (Å²) in [6.45, 7) is 0.523. The number of nitrogens with one attached hydrogen (secondary N) is 1. The quantitative estimate of drug-likeness (QED) is 0.492. The molecule has 3 N–H and O–H groups in total. The highest BCUT2D eigenvalue weighted by atomic mass is 19.4. The highest BCUT2D eigenvalue weighted by Crippen LogP contribution is 2.43. The van der Waals surface area contributed by atoms with Gasteiger partial charge in [-0.15, -0.1) is 0 Å². The zero-order valence-corrected chi connectivity index (χ0v) is 17.2. The molecule has 0 radical (unpaired) electrons. The fourth-order valence-corrected chi connectivity index (χ4v) is 3.60. The molecule has 1 heterocycles. The van der Waals surface area contributed by atoms with Crippen molar-refractivity contribution in [2.45, 2.75) is 25.4 Å². The molecule has 162 valence electrons. The number of fused-ring (bicyclic) bond motifs is 1. The van der Waals surface area contributed by atoms with Crippen LogP contribution in [0.5, 0.6) is 17.2 Å². The molecule has 8 heteroatoms. The number of benzene rings is 2. The minimum Gasteiger partial charge on any atom is -0.493 e. The lowest BCUT2D eigenvalue weighted by Crippen LogP contribution is -2.04. The van der Waals surface area contributed by atoms with E-state index in [4.69, 9.17) is 19.9 Å². The smallest absolute Gasteiger partial charge is 0.416 e. The van der Waals surface area contributed by atoms with Crippen LogP contribution in [0.25, 0.3) is 22.2 Å². The van der Waals surface area contributed by atoms with Gasteiger partial charge in [-0.05, 0) is 61.7 Å². The summed E-state index contributed by atoms with van der Waals surface area (Å²) in [5, 5.41) is 0.547. The van der Waals surface area contributed by atoms with Crippen molar-refractivity contribution in [2.75, 3.05) is 27.9 Å². The standard InChI is InChI=1S/C22H25F3N2O3/c1-28-18-10-13(11-19(29-2)21(18)30-3)20-15(6-4-5-9-26)16-12-14(22(23,24)25)7-8-17(16)27-20/h7-8,10-12,27H,4-6,9,26H2,1-3H3. The van der Waals surface area contributed by atoms with Gasteiger partial charge in [-0.3, -0.25) is 0 Å². The van der Waals surface area contributed by atoms with Gasteiger partial charge in [0.2, 0.25) is 5.75 Å². The average Bonchev–Trinajstić information content (AvgIpc) is 3.10. The molecule has 3 rings (SSSR count). The van der Waals surface area contributed by atoms with Crippen molar-refractivity contribution in [3.05, 3.63) is 41.5 Å². The highest BCUT2D eigenvalue weighted by molar-refractivity contribution is 5.92. The maximum atomic E-state index is 13.3. The minimum atomic E-state index is -4.41. The fourth-order valence-electron chi connectivity index (χ4n) is 3.60. The third-order valence-corrected chi connectivity index (χ3v) is 5.07. The van der Waals surface area contributed by atoms with Crippen molar-refractivity contribution in [1.29, 1.82) is 0 Å². The number of alkyl halides is 3. The Morgan fingerprint density at radius 2 is 1.60 bits per heavy atom. The van der Waals surface area contributed by atoms with Crippen LogP contribution in [0, 0.1) is 0 Å². The normalized spacial score (nSPS) is 11.7. The first kappa shape index (κ1) is 21.8. The number of hydrogen-bond acceptors (Lipinski definition) is 4. The van der Waals surface area contributed by atoms with E-state index in [2.05, 4.69) is 4.98 Å². The summed E-state index contributed by atoms with van der Waals surface area (Å²) >= 11 is 0. The van der Waals surface area contributed by atoms with Crippen LogP contribution in [0.15, 0.2) is 30.3 Å². The van der Waals surface area contributed by atoms with Gasteiger partial charge in [0.05, 0.1) is 26.9 Å². The third-order valence-electron chi connectivity index (χ3n) is 5.07. The topological polar surface area (TPSA) is 69.5 Å². The number of nitrogens with two attached hydrogens (primary N) is 1. The number of aryl methyl sites for hydroxylation is 1. The number of H-pyrrole nitrogens is 1. The number of hydrogen-bond donors (Lipinski definition) is 2. The molecule has 0 atom stereocenters. The van der Waals surface area contributed by atoms with Crippen LogP contribution in [-0.2, 0) is 12.6 Å². The minimum absolute atomic E-state index is 0.448. The van der Waals surface area contributed by atoms with E-state index in [0.717, 1.165) is 35.7 Å². The van der Waals surface area contributed by atoms with Crippen LogP contribution < -0.4 is 19.9 Å². The summed E-state index contributed by atoms with van der Waals surface area (Å²) in [6.07, 6.45) is -2.28. The van der Waals surface area contributed by atoms with Crippen LogP contribution in [0.3, 0.4) is 0 Å². The van der Waals surface area contributed by atoms with Gasteiger partial charge in [0, 0.05) is 22.2 Å². The predicted molar refractivity (Wildman–Crippen MR) is 110 cm³/mol. The molecule has 2 aromatic carbocycles. The Kier molecular flexibility index (Phi) is 6.45. The number of methoxy groups -OCH3 is 3. The maximum absolute atomic E-state index is 13.3. The second-order valence-electron chi connectivity index (χ2n) is 6.90. The van der Waals surface area contributed by atoms with Gasteiger partial charge in [-0.2, -0.15) is 13.2 Å². The molecule has 0 fully saturated rings. The number of aromatic amines is 1. The average molecular weight is 422 g/mol. The van der Waals surface area contributed by atoms with E-state index in [9.17, 15) is 13.2 Å². The lowest BCUT2D eigenvalue weighted by atomic mass is 9.98. The summed E-state index contributed by atoms with van der Waals surface area (Å²) < 4.78 is 56.1. The molecule has 3 aromatic rings. The molecular weight excluding hydrogens is 397 g/mol. The Morgan fingerprint density at radius 1 is 0.933 bits per heavy atom. The van der Waals surface area contributed by atoms with Crippen LogP contribution in [-0.4, -0.2) is 32.9 Å². The second-order valence-corrected chi connectivity index (χ2v) is 6.90. The third kappa shape index (κ3) is 4.18. The first-order valence-electron chi connectivity index (χ1n) is 9.56. The first-order chi connectivity index (χ1) is 14.3. The Hall–Kier alpha value is -2.87. The Bertz CT molecular complexity index is 1000. The first-order valence-corrected chi connectivity index (χ1v) is 9.56. The molecule has 1 aromatic heterocycles. The zero-order valence-electron chi connectivity index (χ0n) is 17.2. The van der Waals surface area contributed by atoms with Crippen molar-refractivity contribution in [2.24, 2.45) is 5.73 Å². The van der Waals surface area contributed by atoms with Gasteiger partial charge in [0.25, 0.3) is 0 Å². The Balaban J connectivity index is 2.23. The van der Waals surface area contributed by atoms with Gasteiger partial charge >= 0.3 is 6.18 Å². The molecule has 0 saturated heterocycles. The van der Waals surface area contributed by atoms with Gasteiger partial charge in [-0.25, -0.2) is 0 Å². The number of ether oxygens (including phenoxy) is 3. The lowest BCUT2D eigenvalue weighted by Gasteiger charge is -2.14. The number of unbranched alkanes of at least 4 members (excludes halogenated alkanes) is 1. The van der Waals surface area contributed by atoms with Crippen molar-refractivity contribution in [1.82, 2.24) is 4.98 Å². The zero-order chi connectivity index (χ0) is 21.9. The van der Waals surface area contributed by atoms with Crippen molar-refractivity contribution in [3.63, 3.8) is 0 Å². The van der Waals surface area contributed by atoms with E-state index < -0.39 is 11.7 Å². The largest absolute Gasteiger partial charge is 0.493 e. The van der Waals surface area contributed by atoms with Crippen LogP contribution in [0.2, 0.25) is 0 Å². The molecule has 0 saturated carbocycles. The number of halogens is 3. The Labute approximate surface area is 172 Å². The molecule has 0 bridgehead atoms. The van der Waals surface area contributed by atoms with E-state index in [1.807, 2.05) is 0 Å². The molecule has 0 aliphatic carbocycles. The maximum Gasteiger partial charge on any atom is 0.416 e. The molecule has 0 aliphatic heterocycles. The van der Waals surface area contributed by atoms with E-state index in [-0.39, 0.29) is 0 Å². The Morgan fingerprint density at radius 3 is 2.13 bits per heavy atom. The van der Waals surface area contributed by atoms with Gasteiger partial charge in [-0.1, -0.05) is 0 Å². The summed E-state index contributed by atoms with van der Waals surface area (Å²) in [5.41, 5.74) is 7.83. The van der Waals surface area contributed by atoms with Gasteiger partial charge < -0.3 is 24.9 Å². The monoisotopic (exact) mass is 422 g/mol. The summed E-state index contributed by atoms with van der Waals surface area (Å²) in [5.74, 6) is 1.38. The predicted octanol–water partition coefficient (Wildman–Crippen LogP) is 5.16. The number of aromatic nitrogens is 1. The van der Waals surface area contributed by atoms with Gasteiger partial charge in [0.1, 0.15) is 0 Å². The van der Waals surface area contributed by atoms with Gasteiger partial charge in [0.15, 0.2) is 11.5 Å². The van der Waals surface area contributed by atoms with E-state index >= 15 is 0 Å². The summed E-state index contributed by atoms with van der Waals surface area (Å²) in [4.78, 5) is 3.28.